The molecule has 0 aromatic rings. The first-order chi connectivity index (χ1) is 43.8. The molecule has 1 rings (SSSR count). The van der Waals surface area contributed by atoms with Crippen LogP contribution in [0.3, 0.4) is 0 Å². The predicted octanol–water partition coefficient (Wildman–Crippen LogP) is 22.3. The van der Waals surface area contributed by atoms with Gasteiger partial charge in [0.1, 0.15) is 24.4 Å². The topological polar surface area (TPSA) is 149 Å². The first-order valence-corrected chi connectivity index (χ1v) is 39.4. The Kier molecular flexibility index (Phi) is 66.0. The molecular weight excluding hydrogens is 1100 g/mol. The van der Waals surface area contributed by atoms with Crippen molar-refractivity contribution in [2.75, 3.05) is 13.2 Å². The van der Waals surface area contributed by atoms with Gasteiger partial charge in [0.25, 0.3) is 0 Å². The molecule has 0 aromatic heterocycles. The molecule has 1 saturated heterocycles. The molecule has 524 valence electrons. The molecule has 6 N–H and O–H groups in total. The molecule has 0 saturated carbocycles. The molecule has 9 nitrogen and oxygen atoms in total. The van der Waals surface area contributed by atoms with Gasteiger partial charge in [0.2, 0.25) is 5.91 Å². The molecule has 0 aromatic carbocycles. The molecule has 1 fully saturated rings. The van der Waals surface area contributed by atoms with Gasteiger partial charge in [-0.25, -0.2) is 0 Å². The first kappa shape index (κ1) is 85.2. The number of hydrogen-bond acceptors (Lipinski definition) is 8. The van der Waals surface area contributed by atoms with Crippen LogP contribution in [0, 0.1) is 0 Å². The van der Waals surface area contributed by atoms with Crippen LogP contribution in [-0.4, -0.2) is 87.5 Å². The summed E-state index contributed by atoms with van der Waals surface area (Å²) < 4.78 is 11.3. The van der Waals surface area contributed by atoms with Gasteiger partial charge < -0.3 is 40.3 Å². The number of nitrogens with one attached hydrogen (secondary N) is 1. The van der Waals surface area contributed by atoms with Crippen molar-refractivity contribution in [1.29, 1.82) is 0 Å². The second-order valence-electron chi connectivity index (χ2n) is 27.5. The Bertz CT molecular complexity index is 1550. The first-order valence-electron chi connectivity index (χ1n) is 39.4. The van der Waals surface area contributed by atoms with Crippen LogP contribution in [0.2, 0.25) is 0 Å². The Hall–Kier alpha value is -1.85. The average Bonchev–Trinajstić information content (AvgIpc) is 2.28. The van der Waals surface area contributed by atoms with Gasteiger partial charge in [-0.05, 0) is 57.8 Å². The highest BCUT2D eigenvalue weighted by Gasteiger charge is 2.44. The molecule has 89 heavy (non-hydrogen) atoms. The zero-order valence-electron chi connectivity index (χ0n) is 59.0. The van der Waals surface area contributed by atoms with Gasteiger partial charge in [-0.1, -0.05) is 383 Å². The van der Waals surface area contributed by atoms with Gasteiger partial charge in [-0.15, -0.1) is 0 Å². The summed E-state index contributed by atoms with van der Waals surface area (Å²) in [6, 6.07) is -0.807. The van der Waals surface area contributed by atoms with E-state index < -0.39 is 49.5 Å². The van der Waals surface area contributed by atoms with Gasteiger partial charge in [0, 0.05) is 6.42 Å². The Morgan fingerprint density at radius 1 is 0.382 bits per heavy atom. The maximum absolute atomic E-state index is 13.2. The van der Waals surface area contributed by atoms with Crippen molar-refractivity contribution in [2.45, 2.75) is 442 Å². The number of aliphatic hydroxyl groups is 5. The predicted molar refractivity (Wildman–Crippen MR) is 383 cm³/mol. The largest absolute Gasteiger partial charge is 0.394 e. The molecule has 0 aliphatic carbocycles. The van der Waals surface area contributed by atoms with Gasteiger partial charge in [0.15, 0.2) is 6.29 Å². The third-order valence-electron chi connectivity index (χ3n) is 18.9. The van der Waals surface area contributed by atoms with E-state index >= 15 is 0 Å². The minimum absolute atomic E-state index is 0.170. The second-order valence-corrected chi connectivity index (χ2v) is 27.5. The number of aliphatic hydroxyl groups excluding tert-OH is 5. The van der Waals surface area contributed by atoms with E-state index in [9.17, 15) is 30.3 Å². The maximum Gasteiger partial charge on any atom is 0.220 e. The fraction of sp³-hybridized carbons (Fsp3) is 0.887. The second kappa shape index (κ2) is 69.0. The highest BCUT2D eigenvalue weighted by atomic mass is 16.7. The lowest BCUT2D eigenvalue weighted by molar-refractivity contribution is -0.302. The van der Waals surface area contributed by atoms with Crippen molar-refractivity contribution in [3.05, 3.63) is 48.6 Å². The van der Waals surface area contributed by atoms with Crippen molar-refractivity contribution >= 4 is 5.91 Å². The molecule has 1 aliphatic rings. The minimum Gasteiger partial charge on any atom is -0.394 e. The molecule has 9 heteroatoms. The molecular formula is C80H151NO8. The minimum atomic E-state index is -1.57. The molecule has 1 amide bonds. The Labute approximate surface area is 552 Å². The monoisotopic (exact) mass is 1250 g/mol. The summed E-state index contributed by atoms with van der Waals surface area (Å²) in [6.45, 7) is 3.83. The van der Waals surface area contributed by atoms with Crippen LogP contribution in [0.25, 0.3) is 0 Å². The quantitative estimate of drug-likeness (QED) is 0.0261. The summed E-state index contributed by atoms with van der Waals surface area (Å²) >= 11 is 0. The lowest BCUT2D eigenvalue weighted by Gasteiger charge is -2.40. The number of hydrogen-bond donors (Lipinski definition) is 6. The van der Waals surface area contributed by atoms with E-state index in [0.717, 1.165) is 51.4 Å². The van der Waals surface area contributed by atoms with Crippen molar-refractivity contribution in [3.63, 3.8) is 0 Å². The molecule has 7 atom stereocenters. The van der Waals surface area contributed by atoms with Crippen LogP contribution in [-0.2, 0) is 14.3 Å². The lowest BCUT2D eigenvalue weighted by Crippen LogP contribution is -2.60. The molecule has 0 bridgehead atoms. The number of carbonyl (C=O) groups excluding carboxylic acids is 1. The number of ether oxygens (including phenoxy) is 2. The van der Waals surface area contributed by atoms with Gasteiger partial charge in [-0.3, -0.25) is 4.79 Å². The summed E-state index contributed by atoms with van der Waals surface area (Å²) in [5, 5.41) is 54.9. The summed E-state index contributed by atoms with van der Waals surface area (Å²) in [7, 11) is 0. The van der Waals surface area contributed by atoms with E-state index in [1.54, 1.807) is 6.08 Å². The molecule has 1 aliphatic heterocycles. The number of unbranched alkanes of at least 4 members (excludes halogenated alkanes) is 54. The number of amides is 1. The summed E-state index contributed by atoms with van der Waals surface area (Å²) in [6.07, 6.45) is 88.2. The fourth-order valence-electron chi connectivity index (χ4n) is 12.8. The molecule has 1 heterocycles. The number of rotatable bonds is 70. The van der Waals surface area contributed by atoms with E-state index in [4.69, 9.17) is 9.47 Å². The highest BCUT2D eigenvalue weighted by Crippen LogP contribution is 2.24. The summed E-state index contributed by atoms with van der Waals surface area (Å²) in [4.78, 5) is 13.2. The van der Waals surface area contributed by atoms with Crippen molar-refractivity contribution in [3.8, 4) is 0 Å². The van der Waals surface area contributed by atoms with E-state index in [2.05, 4.69) is 55.6 Å². The summed E-state index contributed by atoms with van der Waals surface area (Å²) in [5.41, 5.74) is 0. The highest BCUT2D eigenvalue weighted by molar-refractivity contribution is 5.76. The molecule has 7 unspecified atom stereocenters. The maximum atomic E-state index is 13.2. The van der Waals surface area contributed by atoms with Gasteiger partial charge in [0.05, 0.1) is 25.4 Å². The van der Waals surface area contributed by atoms with Crippen LogP contribution in [0.15, 0.2) is 48.6 Å². The third kappa shape index (κ3) is 57.3. The van der Waals surface area contributed by atoms with Crippen LogP contribution in [0.4, 0.5) is 0 Å². The number of carbonyl (C=O) groups is 1. The van der Waals surface area contributed by atoms with Crippen LogP contribution in [0.1, 0.15) is 399 Å². The van der Waals surface area contributed by atoms with Crippen molar-refractivity contribution in [1.82, 2.24) is 5.32 Å². The van der Waals surface area contributed by atoms with Crippen LogP contribution >= 0.6 is 0 Å². The SMILES string of the molecule is CCCCCCC/C=C\C/C=C\C/C=C\CCCCCCCCCCCCCCCCCCCCC(=O)NC(COC1OC(CO)C(O)C(O)C1O)C(O)/C=C/CCCCCCCCCCCCCCCCCCCCCCCCCCCCCCCCC. The average molecular weight is 1260 g/mol. The standard InChI is InChI=1S/C80H151NO8/c1-3-5-7-9-11-13-15-17-19-21-23-25-27-29-31-33-35-37-39-41-43-45-47-49-51-53-55-57-59-61-63-65-67-69-74(83)73(72-88-80-79(87)78(86)77(85)75(71-82)89-80)81-76(84)70-68-66-64-62-60-58-56-54-52-50-48-46-44-42-40-38-36-34-32-30-28-26-24-22-20-18-16-14-12-10-8-6-4-2/h16,18,22,24,28,30,67,69,73-75,77-80,82-83,85-87H,3-15,17,19-21,23,25-27,29,31-66,68,70-72H2,1-2H3,(H,81,84)/b18-16-,24-22-,30-28-,69-67+. The van der Waals surface area contributed by atoms with Gasteiger partial charge in [-0.2, -0.15) is 0 Å². The van der Waals surface area contributed by atoms with Crippen LogP contribution in [0.5, 0.6) is 0 Å². The summed E-state index contributed by atoms with van der Waals surface area (Å²) in [5.74, 6) is -0.170. The Balaban J connectivity index is 2.08. The van der Waals surface area contributed by atoms with Gasteiger partial charge >= 0.3 is 0 Å². The van der Waals surface area contributed by atoms with Crippen molar-refractivity contribution < 1.29 is 39.8 Å². The molecule has 0 spiro atoms. The Morgan fingerprint density at radius 3 is 0.978 bits per heavy atom. The van der Waals surface area contributed by atoms with E-state index in [1.165, 1.54) is 327 Å². The van der Waals surface area contributed by atoms with E-state index in [1.807, 2.05) is 6.08 Å². The lowest BCUT2D eigenvalue weighted by atomic mass is 9.99. The normalized spacial score (nSPS) is 18.0. The fourth-order valence-corrected chi connectivity index (χ4v) is 12.8. The van der Waals surface area contributed by atoms with Crippen molar-refractivity contribution in [2.24, 2.45) is 0 Å². The molecule has 0 radical (unpaired) electrons. The zero-order chi connectivity index (χ0) is 64.2. The Morgan fingerprint density at radius 2 is 0.663 bits per heavy atom. The zero-order valence-corrected chi connectivity index (χ0v) is 59.0. The number of allylic oxidation sites excluding steroid dienone is 7. The third-order valence-corrected chi connectivity index (χ3v) is 18.9. The van der Waals surface area contributed by atoms with E-state index in [0.29, 0.717) is 6.42 Å². The smallest absolute Gasteiger partial charge is 0.220 e. The van der Waals surface area contributed by atoms with E-state index in [-0.39, 0.29) is 12.5 Å². The van der Waals surface area contributed by atoms with Crippen LogP contribution < -0.4 is 5.32 Å².